The van der Waals surface area contributed by atoms with Gasteiger partial charge in [0.2, 0.25) is 0 Å². The Labute approximate surface area is 111 Å². The first-order valence-corrected chi connectivity index (χ1v) is 6.68. The lowest BCUT2D eigenvalue weighted by Crippen LogP contribution is -2.20. The Kier molecular flexibility index (Phi) is 4.42. The summed E-state index contributed by atoms with van der Waals surface area (Å²) >= 11 is 3.50. The summed E-state index contributed by atoms with van der Waals surface area (Å²) in [4.78, 5) is 2.38. The summed E-state index contributed by atoms with van der Waals surface area (Å²) in [5.41, 5.74) is 1.27. The summed E-state index contributed by atoms with van der Waals surface area (Å²) in [7, 11) is 1.67. The minimum Gasteiger partial charge on any atom is -0.496 e. The Hall–Kier alpha value is -0.580. The van der Waals surface area contributed by atoms with E-state index in [0.717, 1.165) is 36.3 Å². The molecular weight excluding hydrogens is 282 g/mol. The van der Waals surface area contributed by atoms with Gasteiger partial charge in [0.05, 0.1) is 11.6 Å². The van der Waals surface area contributed by atoms with Crippen LogP contribution in [0.3, 0.4) is 0 Å². The van der Waals surface area contributed by atoms with Crippen molar-refractivity contribution in [2.24, 2.45) is 5.92 Å². The number of aliphatic hydroxyl groups excluding tert-OH is 1. The topological polar surface area (TPSA) is 32.7 Å². The molecule has 0 spiro atoms. The molecule has 1 aromatic rings. The highest BCUT2D eigenvalue weighted by Gasteiger charge is 2.21. The van der Waals surface area contributed by atoms with Gasteiger partial charge < -0.3 is 9.84 Å². The molecule has 0 aliphatic carbocycles. The number of methoxy groups -OCH3 is 1. The maximum absolute atomic E-state index is 9.11. The van der Waals surface area contributed by atoms with E-state index >= 15 is 0 Å². The average molecular weight is 300 g/mol. The third-order valence-corrected chi connectivity index (χ3v) is 3.87. The molecule has 94 valence electrons. The number of benzene rings is 1. The predicted octanol–water partition coefficient (Wildman–Crippen LogP) is 2.27. The van der Waals surface area contributed by atoms with Gasteiger partial charge in [-0.3, -0.25) is 4.90 Å². The van der Waals surface area contributed by atoms with Gasteiger partial charge in [0, 0.05) is 19.7 Å². The molecule has 17 heavy (non-hydrogen) atoms. The van der Waals surface area contributed by atoms with E-state index in [1.54, 1.807) is 7.11 Å². The highest BCUT2D eigenvalue weighted by Crippen LogP contribution is 2.27. The number of hydrogen-bond donors (Lipinski definition) is 1. The molecule has 1 unspecified atom stereocenters. The second kappa shape index (κ2) is 5.85. The molecule has 0 aromatic heterocycles. The summed E-state index contributed by atoms with van der Waals surface area (Å²) in [5.74, 6) is 1.32. The molecule has 0 amide bonds. The molecule has 1 aliphatic rings. The summed E-state index contributed by atoms with van der Waals surface area (Å²) in [6.45, 7) is 3.33. The minimum atomic E-state index is 0.308. The fraction of sp³-hybridized carbons (Fsp3) is 0.538. The fourth-order valence-electron chi connectivity index (χ4n) is 2.27. The second-order valence-electron chi connectivity index (χ2n) is 4.54. The third kappa shape index (κ3) is 3.21. The molecule has 4 heteroatoms. The Balaban J connectivity index is 1.97. The first-order chi connectivity index (χ1) is 8.22. The minimum absolute atomic E-state index is 0.308. The summed E-state index contributed by atoms with van der Waals surface area (Å²) in [6, 6.07) is 6.18. The van der Waals surface area contributed by atoms with Crippen molar-refractivity contribution in [1.82, 2.24) is 4.90 Å². The molecule has 1 saturated heterocycles. The number of nitrogens with zero attached hydrogens (tertiary/aromatic N) is 1. The van der Waals surface area contributed by atoms with Crippen LogP contribution >= 0.6 is 15.9 Å². The molecule has 0 bridgehead atoms. The highest BCUT2D eigenvalue weighted by atomic mass is 79.9. The standard InChI is InChI=1S/C13H18BrNO2/c1-17-13-3-2-10(6-12(13)14)7-15-5-4-11(8-15)9-16/h2-3,6,11,16H,4-5,7-9H2,1H3. The van der Waals surface area contributed by atoms with E-state index in [4.69, 9.17) is 9.84 Å². The van der Waals surface area contributed by atoms with Crippen LogP contribution < -0.4 is 4.74 Å². The van der Waals surface area contributed by atoms with Crippen molar-refractivity contribution in [3.8, 4) is 5.75 Å². The summed E-state index contributed by atoms with van der Waals surface area (Å²) < 4.78 is 6.21. The van der Waals surface area contributed by atoms with Crippen molar-refractivity contribution in [2.45, 2.75) is 13.0 Å². The number of hydrogen-bond acceptors (Lipinski definition) is 3. The maximum atomic E-state index is 9.11. The van der Waals surface area contributed by atoms with Crippen LogP contribution in [0.25, 0.3) is 0 Å². The molecular formula is C13H18BrNO2. The van der Waals surface area contributed by atoms with Crippen LogP contribution in [0.5, 0.6) is 5.75 Å². The van der Waals surface area contributed by atoms with Crippen LogP contribution in [0.1, 0.15) is 12.0 Å². The summed E-state index contributed by atoms with van der Waals surface area (Å²) in [6.07, 6.45) is 1.10. The number of likely N-dealkylation sites (tertiary alicyclic amines) is 1. The number of rotatable bonds is 4. The maximum Gasteiger partial charge on any atom is 0.133 e. The second-order valence-corrected chi connectivity index (χ2v) is 5.40. The Morgan fingerprint density at radius 2 is 2.35 bits per heavy atom. The monoisotopic (exact) mass is 299 g/mol. The number of halogens is 1. The highest BCUT2D eigenvalue weighted by molar-refractivity contribution is 9.10. The van der Waals surface area contributed by atoms with Gasteiger partial charge in [0.25, 0.3) is 0 Å². The SMILES string of the molecule is COc1ccc(CN2CCC(CO)C2)cc1Br. The Morgan fingerprint density at radius 3 is 2.94 bits per heavy atom. The van der Waals surface area contributed by atoms with Gasteiger partial charge in [-0.05, 0) is 52.5 Å². The number of ether oxygens (including phenoxy) is 1. The van der Waals surface area contributed by atoms with Crippen LogP contribution in [0.4, 0.5) is 0 Å². The molecule has 3 nitrogen and oxygen atoms in total. The van der Waals surface area contributed by atoms with Crippen molar-refractivity contribution in [3.63, 3.8) is 0 Å². The first-order valence-electron chi connectivity index (χ1n) is 5.88. The van der Waals surface area contributed by atoms with Crippen LogP contribution in [0.15, 0.2) is 22.7 Å². The van der Waals surface area contributed by atoms with Gasteiger partial charge in [-0.15, -0.1) is 0 Å². The number of aliphatic hydroxyl groups is 1. The first kappa shape index (κ1) is 12.9. The van der Waals surface area contributed by atoms with E-state index in [0.29, 0.717) is 12.5 Å². The van der Waals surface area contributed by atoms with E-state index in [1.165, 1.54) is 5.56 Å². The van der Waals surface area contributed by atoms with Gasteiger partial charge in [0.1, 0.15) is 5.75 Å². The van der Waals surface area contributed by atoms with Gasteiger partial charge in [-0.1, -0.05) is 6.07 Å². The molecule has 1 heterocycles. The van der Waals surface area contributed by atoms with Gasteiger partial charge in [-0.25, -0.2) is 0 Å². The van der Waals surface area contributed by atoms with Crippen LogP contribution in [-0.4, -0.2) is 36.8 Å². The molecule has 0 radical (unpaired) electrons. The fourth-order valence-corrected chi connectivity index (χ4v) is 2.86. The van der Waals surface area contributed by atoms with Crippen molar-refractivity contribution >= 4 is 15.9 Å². The van der Waals surface area contributed by atoms with Crippen molar-refractivity contribution in [2.75, 3.05) is 26.8 Å². The Bertz CT molecular complexity index is 384. The van der Waals surface area contributed by atoms with Gasteiger partial charge >= 0.3 is 0 Å². The molecule has 1 fully saturated rings. The zero-order valence-corrected chi connectivity index (χ0v) is 11.6. The third-order valence-electron chi connectivity index (χ3n) is 3.25. The average Bonchev–Trinajstić information content (AvgIpc) is 2.77. The zero-order chi connectivity index (χ0) is 12.3. The van der Waals surface area contributed by atoms with Crippen molar-refractivity contribution in [3.05, 3.63) is 28.2 Å². The molecule has 1 aromatic carbocycles. The molecule has 1 N–H and O–H groups in total. The van der Waals surface area contributed by atoms with Gasteiger partial charge in [-0.2, -0.15) is 0 Å². The smallest absolute Gasteiger partial charge is 0.133 e. The normalized spacial score (nSPS) is 20.8. The Morgan fingerprint density at radius 1 is 1.53 bits per heavy atom. The molecule has 2 rings (SSSR count). The van der Waals surface area contributed by atoms with E-state index in [-0.39, 0.29) is 0 Å². The molecule has 1 aliphatic heterocycles. The lowest BCUT2D eigenvalue weighted by Gasteiger charge is -2.16. The largest absolute Gasteiger partial charge is 0.496 e. The van der Waals surface area contributed by atoms with Crippen molar-refractivity contribution < 1.29 is 9.84 Å². The lowest BCUT2D eigenvalue weighted by molar-refractivity contribution is 0.220. The predicted molar refractivity (Wildman–Crippen MR) is 71.2 cm³/mol. The zero-order valence-electron chi connectivity index (χ0n) is 10.0. The van der Waals surface area contributed by atoms with E-state index in [9.17, 15) is 0 Å². The molecule has 0 saturated carbocycles. The van der Waals surface area contributed by atoms with E-state index < -0.39 is 0 Å². The molecule has 1 atom stereocenters. The van der Waals surface area contributed by atoms with Crippen molar-refractivity contribution in [1.29, 1.82) is 0 Å². The van der Waals surface area contributed by atoms with E-state index in [1.807, 2.05) is 6.07 Å². The van der Waals surface area contributed by atoms with Crippen LogP contribution in [0, 0.1) is 5.92 Å². The van der Waals surface area contributed by atoms with Crippen LogP contribution in [0.2, 0.25) is 0 Å². The van der Waals surface area contributed by atoms with Gasteiger partial charge in [0.15, 0.2) is 0 Å². The van der Waals surface area contributed by atoms with E-state index in [2.05, 4.69) is 33.0 Å². The lowest BCUT2D eigenvalue weighted by atomic mass is 10.1. The quantitative estimate of drug-likeness (QED) is 0.926. The summed E-state index contributed by atoms with van der Waals surface area (Å²) in [5, 5.41) is 9.11. The van der Waals surface area contributed by atoms with Crippen LogP contribution in [-0.2, 0) is 6.54 Å².